The number of benzene rings is 1. The first-order valence-corrected chi connectivity index (χ1v) is 5.09. The number of carbonyl (C=O) groups excluding carboxylic acids is 1. The van der Waals surface area contributed by atoms with Crippen LogP contribution in [0.2, 0.25) is 0 Å². The fraction of sp³-hybridized carbons (Fsp3) is 0.364. The molecule has 5 N–H and O–H groups in total. The first kappa shape index (κ1) is 12.5. The van der Waals surface area contributed by atoms with Gasteiger partial charge < -0.3 is 10.5 Å². The Morgan fingerprint density at radius 2 is 2.25 bits per heavy atom. The minimum Gasteiger partial charge on any atom is -0.494 e. The molecule has 1 aromatic carbocycles. The molecular formula is C11H17N3O2. The highest BCUT2D eigenvalue weighted by Gasteiger charge is 2.15. The molecule has 1 aromatic rings. The van der Waals surface area contributed by atoms with E-state index in [2.05, 4.69) is 0 Å². The molecule has 0 aliphatic heterocycles. The molecule has 0 bridgehead atoms. The van der Waals surface area contributed by atoms with Crippen molar-refractivity contribution in [1.29, 1.82) is 0 Å². The Bertz CT molecular complexity index is 379. The van der Waals surface area contributed by atoms with E-state index in [1.54, 1.807) is 12.1 Å². The first-order chi connectivity index (χ1) is 7.60. The molecule has 16 heavy (non-hydrogen) atoms. The van der Waals surface area contributed by atoms with Crippen LogP contribution >= 0.6 is 0 Å². The second kappa shape index (κ2) is 5.48. The lowest BCUT2D eigenvalue weighted by atomic mass is 10.0. The summed E-state index contributed by atoms with van der Waals surface area (Å²) in [5.74, 6) is 5.41. The van der Waals surface area contributed by atoms with Crippen molar-refractivity contribution in [2.24, 2.45) is 11.6 Å². The number of aryl methyl sites for hydroxylation is 1. The van der Waals surface area contributed by atoms with E-state index >= 15 is 0 Å². The lowest BCUT2D eigenvalue weighted by Crippen LogP contribution is -2.38. The second-order valence-electron chi connectivity index (χ2n) is 3.44. The van der Waals surface area contributed by atoms with Gasteiger partial charge in [-0.2, -0.15) is 0 Å². The Balaban J connectivity index is 2.92. The van der Waals surface area contributed by atoms with E-state index in [1.807, 2.05) is 25.3 Å². The number of nitrogens with one attached hydrogen (secondary N) is 1. The van der Waals surface area contributed by atoms with Crippen molar-refractivity contribution in [2.75, 3.05) is 6.61 Å². The summed E-state index contributed by atoms with van der Waals surface area (Å²) < 4.78 is 5.39. The Morgan fingerprint density at radius 1 is 1.56 bits per heavy atom. The van der Waals surface area contributed by atoms with Crippen molar-refractivity contribution in [1.82, 2.24) is 5.43 Å². The SMILES string of the molecule is CCOc1ccc(C(N)C(=O)NN)cc1C. The van der Waals surface area contributed by atoms with Gasteiger partial charge in [0.2, 0.25) is 0 Å². The minimum absolute atomic E-state index is 0.413. The van der Waals surface area contributed by atoms with Crippen LogP contribution in [0.3, 0.4) is 0 Å². The fourth-order valence-corrected chi connectivity index (χ4v) is 1.42. The number of hydrogen-bond acceptors (Lipinski definition) is 4. The van der Waals surface area contributed by atoms with Crippen LogP contribution in [0.25, 0.3) is 0 Å². The van der Waals surface area contributed by atoms with E-state index < -0.39 is 11.9 Å². The summed E-state index contributed by atoms with van der Waals surface area (Å²) in [5.41, 5.74) is 9.39. The minimum atomic E-state index is -0.751. The smallest absolute Gasteiger partial charge is 0.255 e. The van der Waals surface area contributed by atoms with Crippen molar-refractivity contribution in [3.8, 4) is 5.75 Å². The van der Waals surface area contributed by atoms with Crippen LogP contribution in [-0.4, -0.2) is 12.5 Å². The zero-order chi connectivity index (χ0) is 12.1. The number of rotatable bonds is 4. The quantitative estimate of drug-likeness (QED) is 0.391. The first-order valence-electron chi connectivity index (χ1n) is 5.09. The summed E-state index contributed by atoms with van der Waals surface area (Å²) in [7, 11) is 0. The number of hydrazine groups is 1. The van der Waals surface area contributed by atoms with Gasteiger partial charge >= 0.3 is 0 Å². The van der Waals surface area contributed by atoms with Crippen LogP contribution < -0.4 is 21.7 Å². The second-order valence-corrected chi connectivity index (χ2v) is 3.44. The van der Waals surface area contributed by atoms with E-state index in [1.165, 1.54) is 0 Å². The molecule has 0 saturated carbocycles. The van der Waals surface area contributed by atoms with Gasteiger partial charge in [0, 0.05) is 0 Å². The van der Waals surface area contributed by atoms with Gasteiger partial charge in [0.25, 0.3) is 5.91 Å². The third-order valence-electron chi connectivity index (χ3n) is 2.28. The summed E-state index contributed by atoms with van der Waals surface area (Å²) in [6.45, 7) is 4.43. The van der Waals surface area contributed by atoms with Crippen LogP contribution in [0.5, 0.6) is 5.75 Å². The highest BCUT2D eigenvalue weighted by atomic mass is 16.5. The van der Waals surface area contributed by atoms with Crippen molar-refractivity contribution >= 4 is 5.91 Å². The summed E-state index contributed by atoms with van der Waals surface area (Å²) >= 11 is 0. The van der Waals surface area contributed by atoms with E-state index in [9.17, 15) is 4.79 Å². The van der Waals surface area contributed by atoms with Crippen molar-refractivity contribution < 1.29 is 9.53 Å². The normalized spacial score (nSPS) is 12.0. The van der Waals surface area contributed by atoms with Crippen molar-refractivity contribution in [2.45, 2.75) is 19.9 Å². The van der Waals surface area contributed by atoms with E-state index in [4.69, 9.17) is 16.3 Å². The molecule has 1 rings (SSSR count). The van der Waals surface area contributed by atoms with Crippen LogP contribution in [0.15, 0.2) is 18.2 Å². The van der Waals surface area contributed by atoms with Crippen LogP contribution in [0.1, 0.15) is 24.1 Å². The average molecular weight is 223 g/mol. The highest BCUT2D eigenvalue weighted by molar-refractivity contribution is 5.82. The van der Waals surface area contributed by atoms with Gasteiger partial charge in [0.15, 0.2) is 0 Å². The van der Waals surface area contributed by atoms with Gasteiger partial charge in [-0.1, -0.05) is 12.1 Å². The molecule has 0 saturated heterocycles. The predicted molar refractivity (Wildman–Crippen MR) is 61.6 cm³/mol. The van der Waals surface area contributed by atoms with Gasteiger partial charge in [-0.15, -0.1) is 0 Å². The predicted octanol–water partition coefficient (Wildman–Crippen LogP) is 0.383. The maximum absolute atomic E-state index is 11.2. The molecule has 5 heteroatoms. The van der Waals surface area contributed by atoms with Gasteiger partial charge in [0.1, 0.15) is 11.8 Å². The maximum Gasteiger partial charge on any atom is 0.255 e. The maximum atomic E-state index is 11.2. The van der Waals surface area contributed by atoms with E-state index in [0.29, 0.717) is 12.2 Å². The lowest BCUT2D eigenvalue weighted by Gasteiger charge is -2.13. The third-order valence-corrected chi connectivity index (χ3v) is 2.28. The molecule has 0 aliphatic rings. The van der Waals surface area contributed by atoms with Crippen LogP contribution in [0.4, 0.5) is 0 Å². The van der Waals surface area contributed by atoms with Gasteiger partial charge in [-0.3, -0.25) is 10.2 Å². The molecule has 0 aliphatic carbocycles. The molecule has 1 amide bonds. The Labute approximate surface area is 94.7 Å². The molecular weight excluding hydrogens is 206 g/mol. The van der Waals surface area contributed by atoms with Gasteiger partial charge in [-0.25, -0.2) is 5.84 Å². The molecule has 0 radical (unpaired) electrons. The summed E-state index contributed by atoms with van der Waals surface area (Å²) in [5, 5.41) is 0. The average Bonchev–Trinajstić information content (AvgIpc) is 2.30. The summed E-state index contributed by atoms with van der Waals surface area (Å²) in [4.78, 5) is 11.2. The molecule has 1 atom stereocenters. The topological polar surface area (TPSA) is 90.4 Å². The fourth-order valence-electron chi connectivity index (χ4n) is 1.42. The van der Waals surface area contributed by atoms with Crippen LogP contribution in [0, 0.1) is 6.92 Å². The molecule has 0 heterocycles. The Kier molecular flexibility index (Phi) is 4.28. The largest absolute Gasteiger partial charge is 0.494 e. The molecule has 1 unspecified atom stereocenters. The number of hydrogen-bond donors (Lipinski definition) is 3. The monoisotopic (exact) mass is 223 g/mol. The molecule has 0 aromatic heterocycles. The third kappa shape index (κ3) is 2.71. The van der Waals surface area contributed by atoms with Crippen LogP contribution in [-0.2, 0) is 4.79 Å². The number of nitrogens with two attached hydrogens (primary N) is 2. The van der Waals surface area contributed by atoms with E-state index in [-0.39, 0.29) is 0 Å². The lowest BCUT2D eigenvalue weighted by molar-refractivity contribution is -0.122. The number of ether oxygens (including phenoxy) is 1. The number of carbonyl (C=O) groups is 1. The molecule has 88 valence electrons. The van der Waals surface area contributed by atoms with Crippen molar-refractivity contribution in [3.63, 3.8) is 0 Å². The van der Waals surface area contributed by atoms with Gasteiger partial charge in [-0.05, 0) is 31.0 Å². The zero-order valence-electron chi connectivity index (χ0n) is 9.49. The van der Waals surface area contributed by atoms with E-state index in [0.717, 1.165) is 11.3 Å². The zero-order valence-corrected chi connectivity index (χ0v) is 9.49. The Hall–Kier alpha value is -1.59. The molecule has 0 spiro atoms. The summed E-state index contributed by atoms with van der Waals surface area (Å²) in [6.07, 6.45) is 0. The Morgan fingerprint density at radius 3 is 2.75 bits per heavy atom. The van der Waals surface area contributed by atoms with Gasteiger partial charge in [0.05, 0.1) is 6.61 Å². The molecule has 5 nitrogen and oxygen atoms in total. The highest BCUT2D eigenvalue weighted by Crippen LogP contribution is 2.21. The number of amides is 1. The summed E-state index contributed by atoms with van der Waals surface area (Å²) in [6, 6.07) is 4.64. The van der Waals surface area contributed by atoms with Crippen molar-refractivity contribution in [3.05, 3.63) is 29.3 Å². The standard InChI is InChI=1S/C11H17N3O2/c1-3-16-9-5-4-8(6-7(9)2)10(12)11(15)14-13/h4-6,10H,3,12-13H2,1-2H3,(H,14,15). The molecule has 0 fully saturated rings.